The van der Waals surface area contributed by atoms with Gasteiger partial charge in [-0.25, -0.2) is 0 Å². The molecule has 1 aromatic carbocycles. The number of likely N-dealkylation sites (tertiary alicyclic amines) is 1. The molecule has 0 N–H and O–H groups in total. The number of thiophene rings is 1. The average molecular weight is 371 g/mol. The Bertz CT molecular complexity index is 708. The van der Waals surface area contributed by atoms with Crippen LogP contribution in [0, 0.1) is 0 Å². The molecule has 0 bridgehead atoms. The van der Waals surface area contributed by atoms with Crippen LogP contribution in [-0.4, -0.2) is 54.6 Å². The second kappa shape index (κ2) is 8.33. The van der Waals surface area contributed by atoms with Crippen LogP contribution in [0.4, 0.5) is 0 Å². The Balaban J connectivity index is 1.44. The first kappa shape index (κ1) is 17.7. The maximum atomic E-state index is 13.0. The lowest BCUT2D eigenvalue weighted by Crippen LogP contribution is -2.53. The summed E-state index contributed by atoms with van der Waals surface area (Å²) in [6, 6.07) is 13.1. The van der Waals surface area contributed by atoms with Gasteiger partial charge in [0.1, 0.15) is 0 Å². The molecule has 2 aliphatic heterocycles. The van der Waals surface area contributed by atoms with Crippen molar-refractivity contribution in [3.05, 3.63) is 47.3 Å². The van der Waals surface area contributed by atoms with Gasteiger partial charge >= 0.3 is 0 Å². The second-order valence-corrected chi connectivity index (χ2v) is 8.04. The first-order valence-corrected chi connectivity index (χ1v) is 10.4. The average Bonchev–Trinajstić information content (AvgIpc) is 3.24. The summed E-state index contributed by atoms with van der Waals surface area (Å²) in [4.78, 5) is 18.7. The molecule has 138 valence electrons. The van der Waals surface area contributed by atoms with Gasteiger partial charge < -0.3 is 9.64 Å². The molecule has 1 amide bonds. The monoisotopic (exact) mass is 370 g/mol. The van der Waals surface area contributed by atoms with Crippen molar-refractivity contribution in [3.63, 3.8) is 0 Å². The molecule has 2 fully saturated rings. The lowest BCUT2D eigenvalue weighted by atomic mass is 9.99. The standard InChI is InChI=1S/C21H26N2O2S/c24-21(22-11-13-25-14-12-22)19-4-1-2-10-23(19)16-17-6-8-18(9-7-17)20-5-3-15-26-20/h3,5-9,15,19H,1-2,4,10-14,16H2. The molecule has 4 nitrogen and oxygen atoms in total. The summed E-state index contributed by atoms with van der Waals surface area (Å²) in [6.45, 7) is 4.67. The smallest absolute Gasteiger partial charge is 0.240 e. The van der Waals surface area contributed by atoms with Gasteiger partial charge in [-0.2, -0.15) is 0 Å². The van der Waals surface area contributed by atoms with E-state index in [2.05, 4.69) is 46.7 Å². The Hall–Kier alpha value is -1.69. The predicted octanol–water partition coefficient (Wildman–Crippen LogP) is 3.63. The fourth-order valence-corrected chi connectivity index (χ4v) is 4.64. The number of hydrogen-bond donors (Lipinski definition) is 0. The number of rotatable bonds is 4. The van der Waals surface area contributed by atoms with Crippen LogP contribution in [0.1, 0.15) is 24.8 Å². The van der Waals surface area contributed by atoms with E-state index in [1.54, 1.807) is 11.3 Å². The fourth-order valence-electron chi connectivity index (χ4n) is 3.91. The van der Waals surface area contributed by atoms with E-state index < -0.39 is 0 Å². The van der Waals surface area contributed by atoms with E-state index in [4.69, 9.17) is 4.74 Å². The first-order chi connectivity index (χ1) is 12.8. The third-order valence-electron chi connectivity index (χ3n) is 5.37. The lowest BCUT2D eigenvalue weighted by Gasteiger charge is -2.38. The zero-order chi connectivity index (χ0) is 17.8. The predicted molar refractivity (Wildman–Crippen MR) is 105 cm³/mol. The molecule has 3 heterocycles. The normalized spacial score (nSPS) is 21.7. The molecular weight excluding hydrogens is 344 g/mol. The van der Waals surface area contributed by atoms with Crippen LogP contribution < -0.4 is 0 Å². The molecule has 5 heteroatoms. The van der Waals surface area contributed by atoms with Crippen molar-refractivity contribution in [3.8, 4) is 10.4 Å². The van der Waals surface area contributed by atoms with E-state index in [0.29, 0.717) is 19.1 Å². The highest BCUT2D eigenvalue weighted by Crippen LogP contribution is 2.26. The van der Waals surface area contributed by atoms with Gasteiger partial charge in [0.2, 0.25) is 5.91 Å². The Morgan fingerprint density at radius 3 is 2.62 bits per heavy atom. The molecule has 26 heavy (non-hydrogen) atoms. The molecule has 2 saturated heterocycles. The number of carbonyl (C=O) groups is 1. The summed E-state index contributed by atoms with van der Waals surface area (Å²) in [5, 5.41) is 2.11. The molecule has 0 aliphatic carbocycles. The van der Waals surface area contributed by atoms with Crippen LogP contribution in [0.5, 0.6) is 0 Å². The fraction of sp³-hybridized carbons (Fsp3) is 0.476. The Morgan fingerprint density at radius 1 is 1.08 bits per heavy atom. The highest BCUT2D eigenvalue weighted by molar-refractivity contribution is 7.13. The Morgan fingerprint density at radius 2 is 1.88 bits per heavy atom. The maximum absolute atomic E-state index is 13.0. The second-order valence-electron chi connectivity index (χ2n) is 7.09. The molecule has 2 aliphatic rings. The SMILES string of the molecule is O=C(C1CCCCN1Cc1ccc(-c2cccs2)cc1)N1CCOCC1. The topological polar surface area (TPSA) is 32.8 Å². The molecule has 0 spiro atoms. The minimum absolute atomic E-state index is 0.0267. The molecule has 1 atom stereocenters. The summed E-state index contributed by atoms with van der Waals surface area (Å²) in [5.74, 6) is 0.295. The number of morpholine rings is 1. The number of benzene rings is 1. The summed E-state index contributed by atoms with van der Waals surface area (Å²) in [5.41, 5.74) is 2.55. The number of piperidine rings is 1. The van der Waals surface area contributed by atoms with Gasteiger partial charge in [-0.3, -0.25) is 9.69 Å². The Labute approximate surface area is 159 Å². The highest BCUT2D eigenvalue weighted by atomic mass is 32.1. The van der Waals surface area contributed by atoms with Crippen molar-refractivity contribution in [1.29, 1.82) is 0 Å². The van der Waals surface area contributed by atoms with Crippen LogP contribution in [0.25, 0.3) is 10.4 Å². The van der Waals surface area contributed by atoms with Crippen molar-refractivity contribution in [2.45, 2.75) is 31.8 Å². The molecule has 4 rings (SSSR count). The van der Waals surface area contributed by atoms with E-state index in [-0.39, 0.29) is 6.04 Å². The third kappa shape index (κ3) is 4.00. The number of amides is 1. The van der Waals surface area contributed by atoms with E-state index in [1.165, 1.54) is 22.4 Å². The lowest BCUT2D eigenvalue weighted by molar-refractivity contribution is -0.142. The number of carbonyl (C=O) groups excluding carboxylic acids is 1. The van der Waals surface area contributed by atoms with E-state index >= 15 is 0 Å². The minimum Gasteiger partial charge on any atom is -0.378 e. The van der Waals surface area contributed by atoms with Crippen molar-refractivity contribution in [1.82, 2.24) is 9.80 Å². The number of nitrogens with zero attached hydrogens (tertiary/aromatic N) is 2. The summed E-state index contributed by atoms with van der Waals surface area (Å²) in [6.07, 6.45) is 3.30. The van der Waals surface area contributed by atoms with E-state index in [1.807, 2.05) is 4.90 Å². The van der Waals surface area contributed by atoms with Crippen molar-refractivity contribution >= 4 is 17.2 Å². The molecule has 0 radical (unpaired) electrons. The van der Waals surface area contributed by atoms with Gasteiger partial charge in [-0.05, 0) is 42.0 Å². The largest absolute Gasteiger partial charge is 0.378 e. The zero-order valence-electron chi connectivity index (χ0n) is 15.1. The molecule has 2 aromatic rings. The van der Waals surface area contributed by atoms with E-state index in [0.717, 1.165) is 39.0 Å². The molecule has 1 aromatic heterocycles. The van der Waals surface area contributed by atoms with Gasteiger partial charge in [0.25, 0.3) is 0 Å². The van der Waals surface area contributed by atoms with Gasteiger partial charge in [0.05, 0.1) is 19.3 Å². The van der Waals surface area contributed by atoms with Gasteiger partial charge in [0, 0.05) is 24.5 Å². The number of hydrogen-bond acceptors (Lipinski definition) is 4. The quantitative estimate of drug-likeness (QED) is 0.824. The highest BCUT2D eigenvalue weighted by Gasteiger charge is 2.32. The van der Waals surface area contributed by atoms with Crippen LogP contribution in [-0.2, 0) is 16.1 Å². The summed E-state index contributed by atoms with van der Waals surface area (Å²) >= 11 is 1.77. The Kier molecular flexibility index (Phi) is 5.68. The maximum Gasteiger partial charge on any atom is 0.240 e. The molecule has 0 saturated carbocycles. The van der Waals surface area contributed by atoms with Gasteiger partial charge in [0.15, 0.2) is 0 Å². The van der Waals surface area contributed by atoms with Gasteiger partial charge in [-0.1, -0.05) is 36.8 Å². The summed E-state index contributed by atoms with van der Waals surface area (Å²) < 4.78 is 5.39. The molecule has 1 unspecified atom stereocenters. The zero-order valence-corrected chi connectivity index (χ0v) is 15.9. The number of ether oxygens (including phenoxy) is 1. The minimum atomic E-state index is 0.0267. The van der Waals surface area contributed by atoms with Crippen molar-refractivity contribution in [2.75, 3.05) is 32.8 Å². The summed E-state index contributed by atoms with van der Waals surface area (Å²) in [7, 11) is 0. The van der Waals surface area contributed by atoms with Crippen LogP contribution in [0.2, 0.25) is 0 Å². The first-order valence-electron chi connectivity index (χ1n) is 9.55. The third-order valence-corrected chi connectivity index (χ3v) is 6.29. The molecular formula is C21H26N2O2S. The van der Waals surface area contributed by atoms with E-state index in [9.17, 15) is 4.79 Å². The van der Waals surface area contributed by atoms with Crippen molar-refractivity contribution < 1.29 is 9.53 Å². The van der Waals surface area contributed by atoms with Crippen molar-refractivity contribution in [2.24, 2.45) is 0 Å². The van der Waals surface area contributed by atoms with Crippen LogP contribution in [0.15, 0.2) is 41.8 Å². The van der Waals surface area contributed by atoms with Crippen LogP contribution in [0.3, 0.4) is 0 Å². The van der Waals surface area contributed by atoms with Gasteiger partial charge in [-0.15, -0.1) is 11.3 Å². The van der Waals surface area contributed by atoms with Crippen LogP contribution >= 0.6 is 11.3 Å².